The molecule has 9 heteroatoms. The maximum absolute atomic E-state index is 13.9. The van der Waals surface area contributed by atoms with Gasteiger partial charge in [-0.25, -0.2) is 17.6 Å². The zero-order valence-electron chi connectivity index (χ0n) is 17.0. The van der Waals surface area contributed by atoms with E-state index in [1.807, 2.05) is 13.8 Å². The fourth-order valence-corrected chi connectivity index (χ4v) is 5.03. The molecule has 0 saturated carbocycles. The molecule has 1 aliphatic rings. The number of amides is 3. The molecule has 0 spiro atoms. The van der Waals surface area contributed by atoms with Crippen molar-refractivity contribution in [2.45, 2.75) is 45.4 Å². The fraction of sp³-hybridized carbons (Fsp3) is 0.600. The summed E-state index contributed by atoms with van der Waals surface area (Å²) in [7, 11) is -3.25. The van der Waals surface area contributed by atoms with Crippen LogP contribution in [0.1, 0.15) is 51.0 Å². The predicted octanol–water partition coefficient (Wildman–Crippen LogP) is 2.89. The minimum absolute atomic E-state index is 0.00881. The van der Waals surface area contributed by atoms with E-state index in [4.69, 9.17) is 0 Å². The Morgan fingerprint density at radius 3 is 2.66 bits per heavy atom. The molecule has 162 valence electrons. The van der Waals surface area contributed by atoms with E-state index < -0.39 is 9.84 Å². The van der Waals surface area contributed by atoms with Gasteiger partial charge < -0.3 is 10.2 Å². The SMILES string of the molecule is CCCNc1cc([C@@H](C)CS(=O)(=O)CCCCCN2CC(=O)NC2=O)ccc1F. The summed E-state index contributed by atoms with van der Waals surface area (Å²) in [5.74, 6) is -0.799. The Balaban J connectivity index is 1.78. The molecule has 7 nitrogen and oxygen atoms in total. The van der Waals surface area contributed by atoms with Gasteiger partial charge >= 0.3 is 6.03 Å². The first-order valence-corrected chi connectivity index (χ1v) is 11.9. The Morgan fingerprint density at radius 1 is 1.24 bits per heavy atom. The number of unbranched alkanes of at least 4 members (excludes halogenated alkanes) is 2. The number of halogens is 1. The third-order valence-corrected chi connectivity index (χ3v) is 6.80. The minimum atomic E-state index is -3.25. The number of nitrogens with one attached hydrogen (secondary N) is 2. The molecule has 1 atom stereocenters. The highest BCUT2D eigenvalue weighted by atomic mass is 32.2. The number of sulfone groups is 1. The normalized spacial score (nSPS) is 15.5. The lowest BCUT2D eigenvalue weighted by molar-refractivity contribution is -0.118. The molecule has 0 aromatic heterocycles. The van der Waals surface area contributed by atoms with Crippen molar-refractivity contribution in [1.82, 2.24) is 10.2 Å². The second-order valence-electron chi connectivity index (χ2n) is 7.52. The van der Waals surface area contributed by atoms with Crippen LogP contribution >= 0.6 is 0 Å². The van der Waals surface area contributed by atoms with Crippen LogP contribution in [0.25, 0.3) is 0 Å². The zero-order valence-corrected chi connectivity index (χ0v) is 17.9. The quantitative estimate of drug-likeness (QED) is 0.395. The number of nitrogens with zero attached hydrogens (tertiary/aromatic N) is 1. The van der Waals surface area contributed by atoms with Crippen molar-refractivity contribution in [1.29, 1.82) is 0 Å². The van der Waals surface area contributed by atoms with Crippen molar-refractivity contribution in [3.8, 4) is 0 Å². The molecule has 1 saturated heterocycles. The van der Waals surface area contributed by atoms with Crippen LogP contribution in [0.3, 0.4) is 0 Å². The van der Waals surface area contributed by atoms with E-state index in [-0.39, 0.29) is 41.7 Å². The number of carbonyl (C=O) groups is 2. The molecule has 2 N–H and O–H groups in total. The summed E-state index contributed by atoms with van der Waals surface area (Å²) in [5, 5.41) is 5.23. The van der Waals surface area contributed by atoms with Gasteiger partial charge in [-0.1, -0.05) is 26.3 Å². The molecule has 0 unspecified atom stereocenters. The van der Waals surface area contributed by atoms with Gasteiger partial charge in [-0.05, 0) is 42.9 Å². The molecular weight excluding hydrogens is 397 g/mol. The molecular formula is C20H30FN3O4S. The first-order chi connectivity index (χ1) is 13.7. The molecule has 3 amide bonds. The highest BCUT2D eigenvalue weighted by Gasteiger charge is 2.25. The second kappa shape index (κ2) is 10.6. The number of imide groups is 1. The average molecular weight is 428 g/mol. The van der Waals surface area contributed by atoms with E-state index in [1.54, 1.807) is 12.1 Å². The Labute approximate surface area is 172 Å². The summed E-state index contributed by atoms with van der Waals surface area (Å²) in [4.78, 5) is 24.0. The molecule has 1 aromatic carbocycles. The maximum atomic E-state index is 13.9. The Hall–Kier alpha value is -2.16. The van der Waals surface area contributed by atoms with Crippen molar-refractivity contribution < 1.29 is 22.4 Å². The van der Waals surface area contributed by atoms with Gasteiger partial charge in [-0.2, -0.15) is 0 Å². The average Bonchev–Trinajstić information content (AvgIpc) is 2.97. The smallest absolute Gasteiger partial charge is 0.324 e. The summed E-state index contributed by atoms with van der Waals surface area (Å²) in [6, 6.07) is 4.31. The molecule has 0 bridgehead atoms. The molecule has 0 aliphatic carbocycles. The summed E-state index contributed by atoms with van der Waals surface area (Å²) in [6.07, 6.45) is 2.68. The number of carbonyl (C=O) groups excluding carboxylic acids is 2. The largest absolute Gasteiger partial charge is 0.383 e. The molecule has 1 aliphatic heterocycles. The lowest BCUT2D eigenvalue weighted by Crippen LogP contribution is -2.29. The standard InChI is InChI=1S/C20H30FN3O4S/c1-3-9-22-18-12-16(7-8-17(18)21)15(2)14-29(27,28)11-6-4-5-10-24-13-19(25)23-20(24)26/h7-8,12,15,22H,3-6,9-11,13-14H2,1-2H3,(H,23,25,26)/t15-/m0/s1. The molecule has 0 radical (unpaired) electrons. The number of rotatable bonds is 12. The molecule has 2 rings (SSSR count). The van der Waals surface area contributed by atoms with Crippen LogP contribution in [0.4, 0.5) is 14.9 Å². The van der Waals surface area contributed by atoms with Gasteiger partial charge in [-0.15, -0.1) is 0 Å². The Kier molecular flexibility index (Phi) is 8.43. The van der Waals surface area contributed by atoms with Crippen LogP contribution in [-0.4, -0.2) is 56.4 Å². The van der Waals surface area contributed by atoms with E-state index >= 15 is 0 Å². The van der Waals surface area contributed by atoms with Crippen LogP contribution in [0, 0.1) is 5.82 Å². The van der Waals surface area contributed by atoms with Crippen molar-refractivity contribution in [3.05, 3.63) is 29.6 Å². The topological polar surface area (TPSA) is 95.6 Å². The Bertz CT molecular complexity index is 829. The van der Waals surface area contributed by atoms with Crippen LogP contribution in [0.15, 0.2) is 18.2 Å². The highest BCUT2D eigenvalue weighted by Crippen LogP contribution is 2.24. The van der Waals surface area contributed by atoms with Gasteiger partial charge in [0.1, 0.15) is 12.4 Å². The number of benzene rings is 1. The number of hydrogen-bond donors (Lipinski definition) is 2. The third kappa shape index (κ3) is 7.30. The van der Waals surface area contributed by atoms with Gasteiger partial charge in [0.2, 0.25) is 5.91 Å². The first kappa shape index (κ1) is 23.1. The second-order valence-corrected chi connectivity index (χ2v) is 9.75. The van der Waals surface area contributed by atoms with Crippen LogP contribution < -0.4 is 10.6 Å². The van der Waals surface area contributed by atoms with Crippen molar-refractivity contribution in [2.24, 2.45) is 0 Å². The van der Waals surface area contributed by atoms with Crippen LogP contribution in [0.5, 0.6) is 0 Å². The van der Waals surface area contributed by atoms with Gasteiger partial charge in [-0.3, -0.25) is 10.1 Å². The van der Waals surface area contributed by atoms with Gasteiger partial charge in [0.05, 0.1) is 17.2 Å². The highest BCUT2D eigenvalue weighted by molar-refractivity contribution is 7.91. The van der Waals surface area contributed by atoms with E-state index in [0.717, 1.165) is 12.0 Å². The van der Waals surface area contributed by atoms with Gasteiger partial charge in [0.25, 0.3) is 0 Å². The summed E-state index contributed by atoms with van der Waals surface area (Å²) in [5.41, 5.74) is 1.19. The molecule has 1 heterocycles. The maximum Gasteiger partial charge on any atom is 0.324 e. The monoisotopic (exact) mass is 427 g/mol. The van der Waals surface area contributed by atoms with Gasteiger partial charge in [0.15, 0.2) is 9.84 Å². The van der Waals surface area contributed by atoms with E-state index in [0.29, 0.717) is 38.0 Å². The molecule has 29 heavy (non-hydrogen) atoms. The number of hydrogen-bond acceptors (Lipinski definition) is 5. The third-order valence-electron chi connectivity index (χ3n) is 4.88. The van der Waals surface area contributed by atoms with Crippen molar-refractivity contribution in [2.75, 3.05) is 36.5 Å². The van der Waals surface area contributed by atoms with Gasteiger partial charge in [0, 0.05) is 13.1 Å². The lowest BCUT2D eigenvalue weighted by Gasteiger charge is -2.15. The van der Waals surface area contributed by atoms with Crippen LogP contribution in [-0.2, 0) is 14.6 Å². The first-order valence-electron chi connectivity index (χ1n) is 10.0. The summed E-state index contributed by atoms with van der Waals surface area (Å²) in [6.45, 7) is 4.99. The number of anilines is 1. The zero-order chi connectivity index (χ0) is 21.4. The lowest BCUT2D eigenvalue weighted by atomic mass is 10.0. The van der Waals surface area contributed by atoms with Crippen LogP contribution in [0.2, 0.25) is 0 Å². The predicted molar refractivity (Wildman–Crippen MR) is 111 cm³/mol. The van der Waals surface area contributed by atoms with E-state index in [9.17, 15) is 22.4 Å². The van der Waals surface area contributed by atoms with E-state index in [2.05, 4.69) is 10.6 Å². The van der Waals surface area contributed by atoms with Crippen molar-refractivity contribution >= 4 is 27.5 Å². The van der Waals surface area contributed by atoms with Crippen molar-refractivity contribution in [3.63, 3.8) is 0 Å². The Morgan fingerprint density at radius 2 is 2.00 bits per heavy atom. The summed E-state index contributed by atoms with van der Waals surface area (Å²) >= 11 is 0. The molecule has 1 fully saturated rings. The van der Waals surface area contributed by atoms with E-state index in [1.165, 1.54) is 11.0 Å². The fourth-order valence-electron chi connectivity index (χ4n) is 3.27. The minimum Gasteiger partial charge on any atom is -0.383 e. The molecule has 1 aromatic rings. The number of urea groups is 1. The summed E-state index contributed by atoms with van der Waals surface area (Å²) < 4.78 is 38.8.